The first-order chi connectivity index (χ1) is 10.7. The molecule has 0 saturated heterocycles. The number of benzene rings is 1. The van der Waals surface area contributed by atoms with E-state index in [-0.39, 0.29) is 5.91 Å². The van der Waals surface area contributed by atoms with Gasteiger partial charge in [0, 0.05) is 30.9 Å². The van der Waals surface area contributed by atoms with Gasteiger partial charge in [-0.2, -0.15) is 0 Å². The Bertz CT molecular complexity index is 572. The molecule has 2 N–H and O–H groups in total. The van der Waals surface area contributed by atoms with Crippen molar-refractivity contribution in [3.63, 3.8) is 0 Å². The summed E-state index contributed by atoms with van der Waals surface area (Å²) < 4.78 is 5.51. The third-order valence-corrected chi connectivity index (χ3v) is 5.68. The predicted octanol–water partition coefficient (Wildman–Crippen LogP) is 3.19. The molecule has 0 aromatic heterocycles. The molecule has 0 bridgehead atoms. The van der Waals surface area contributed by atoms with Crippen molar-refractivity contribution in [2.45, 2.75) is 50.7 Å². The number of methoxy groups -OCH3 is 1. The Morgan fingerprint density at radius 1 is 1.14 bits per heavy atom. The molecule has 2 aliphatic carbocycles. The van der Waals surface area contributed by atoms with Crippen LogP contribution in [0, 0.1) is 11.8 Å². The zero-order chi connectivity index (χ0) is 15.1. The lowest BCUT2D eigenvalue weighted by Crippen LogP contribution is -2.21. The van der Waals surface area contributed by atoms with Crippen LogP contribution < -0.4 is 10.6 Å². The van der Waals surface area contributed by atoms with Gasteiger partial charge in [-0.05, 0) is 61.6 Å². The summed E-state index contributed by atoms with van der Waals surface area (Å²) in [6, 6.07) is 6.96. The number of carbonyl (C=O) groups excluding carboxylic acids is 1. The maximum atomic E-state index is 11.5. The summed E-state index contributed by atoms with van der Waals surface area (Å²) in [6.45, 7) is 0. The van der Waals surface area contributed by atoms with Crippen molar-refractivity contribution in [2.75, 3.05) is 17.7 Å². The highest BCUT2D eigenvalue weighted by Crippen LogP contribution is 2.45. The van der Waals surface area contributed by atoms with Gasteiger partial charge in [0.1, 0.15) is 0 Å². The fraction of sp³-hybridized carbons (Fsp3) is 0.611. The lowest BCUT2D eigenvalue weighted by molar-refractivity contribution is -0.116. The topological polar surface area (TPSA) is 50.4 Å². The molecule has 0 radical (unpaired) electrons. The minimum absolute atomic E-state index is 0.130. The van der Waals surface area contributed by atoms with Crippen LogP contribution in [0.4, 0.5) is 11.4 Å². The van der Waals surface area contributed by atoms with Gasteiger partial charge >= 0.3 is 0 Å². The number of amides is 1. The average molecular weight is 300 g/mol. The molecule has 1 amide bonds. The van der Waals surface area contributed by atoms with Crippen molar-refractivity contribution in [2.24, 2.45) is 11.8 Å². The molecule has 22 heavy (non-hydrogen) atoms. The molecule has 1 aliphatic heterocycles. The highest BCUT2D eigenvalue weighted by molar-refractivity contribution is 5.94. The Kier molecular flexibility index (Phi) is 3.57. The van der Waals surface area contributed by atoms with E-state index in [4.69, 9.17) is 4.74 Å². The van der Waals surface area contributed by atoms with Gasteiger partial charge in [0.2, 0.25) is 5.91 Å². The van der Waals surface area contributed by atoms with Gasteiger partial charge in [-0.1, -0.05) is 6.07 Å². The zero-order valence-corrected chi connectivity index (χ0v) is 13.1. The Labute approximate surface area is 131 Å². The molecule has 1 aromatic rings. The van der Waals surface area contributed by atoms with Crippen LogP contribution in [0.3, 0.4) is 0 Å². The van der Waals surface area contributed by atoms with Crippen molar-refractivity contribution in [3.8, 4) is 0 Å². The van der Waals surface area contributed by atoms with E-state index in [1.807, 2.05) is 7.11 Å². The standard InChI is InChI=1S/C18H24N2O2/c1-22-16-8-12-6-15(7-13(12)9-16)19-14-4-2-11-3-5-18(21)20-17(11)10-14/h2,4,10,12-13,15-16,19H,3,5-9H2,1H3,(H,20,21)/t12-,13+,15?,16?. The van der Waals surface area contributed by atoms with Gasteiger partial charge in [-0.25, -0.2) is 0 Å². The highest BCUT2D eigenvalue weighted by Gasteiger charge is 2.41. The first kappa shape index (κ1) is 14.1. The number of hydrogen-bond donors (Lipinski definition) is 2. The normalized spacial score (nSPS) is 33.2. The molecular formula is C18H24N2O2. The molecule has 0 spiro atoms. The largest absolute Gasteiger partial charge is 0.382 e. The molecule has 2 unspecified atom stereocenters. The molecule has 2 saturated carbocycles. The molecular weight excluding hydrogens is 276 g/mol. The number of rotatable bonds is 3. The smallest absolute Gasteiger partial charge is 0.224 e. The van der Waals surface area contributed by atoms with Crippen LogP contribution in [0.1, 0.15) is 37.7 Å². The van der Waals surface area contributed by atoms with Gasteiger partial charge in [0.05, 0.1) is 6.10 Å². The number of fused-ring (bicyclic) bond motifs is 2. The second kappa shape index (κ2) is 5.58. The fourth-order valence-corrected chi connectivity index (χ4v) is 4.57. The molecule has 118 valence electrons. The Morgan fingerprint density at radius 3 is 2.64 bits per heavy atom. The van der Waals surface area contributed by atoms with Crippen molar-refractivity contribution in [3.05, 3.63) is 23.8 Å². The molecule has 4 nitrogen and oxygen atoms in total. The number of carbonyl (C=O) groups is 1. The minimum Gasteiger partial charge on any atom is -0.382 e. The van der Waals surface area contributed by atoms with Gasteiger partial charge in [-0.15, -0.1) is 0 Å². The van der Waals surface area contributed by atoms with Crippen LogP contribution in [0.15, 0.2) is 18.2 Å². The quantitative estimate of drug-likeness (QED) is 0.901. The van der Waals surface area contributed by atoms with Crippen molar-refractivity contribution in [1.82, 2.24) is 0 Å². The second-order valence-corrected chi connectivity index (χ2v) is 7.08. The van der Waals surface area contributed by atoms with Crippen LogP contribution in [-0.2, 0) is 16.0 Å². The molecule has 4 rings (SSSR count). The summed E-state index contributed by atoms with van der Waals surface area (Å²) in [5, 5.41) is 6.66. The SMILES string of the molecule is COC1C[C@H]2CC(Nc3ccc4c(c3)NC(=O)CC4)C[C@H]2C1. The van der Waals surface area contributed by atoms with E-state index < -0.39 is 0 Å². The average Bonchev–Trinajstić information content (AvgIpc) is 3.04. The van der Waals surface area contributed by atoms with Crippen LogP contribution >= 0.6 is 0 Å². The summed E-state index contributed by atoms with van der Waals surface area (Å²) in [7, 11) is 1.84. The van der Waals surface area contributed by atoms with E-state index in [0.717, 1.165) is 29.6 Å². The molecule has 2 fully saturated rings. The lowest BCUT2D eigenvalue weighted by atomic mass is 10.0. The Hall–Kier alpha value is -1.55. The van der Waals surface area contributed by atoms with Gasteiger partial charge in [0.15, 0.2) is 0 Å². The lowest BCUT2D eigenvalue weighted by Gasteiger charge is -2.21. The third kappa shape index (κ3) is 2.60. The fourth-order valence-electron chi connectivity index (χ4n) is 4.57. The van der Waals surface area contributed by atoms with Crippen molar-refractivity contribution in [1.29, 1.82) is 0 Å². The molecule has 1 aromatic carbocycles. The molecule has 4 heteroatoms. The van der Waals surface area contributed by atoms with Crippen LogP contribution in [0.25, 0.3) is 0 Å². The first-order valence-electron chi connectivity index (χ1n) is 8.43. The van der Waals surface area contributed by atoms with Crippen LogP contribution in [0.5, 0.6) is 0 Å². The highest BCUT2D eigenvalue weighted by atomic mass is 16.5. The summed E-state index contributed by atoms with van der Waals surface area (Å²) in [5.74, 6) is 1.77. The maximum Gasteiger partial charge on any atom is 0.224 e. The number of nitrogens with one attached hydrogen (secondary N) is 2. The number of anilines is 2. The molecule has 3 aliphatic rings. The van der Waals surface area contributed by atoms with E-state index in [1.54, 1.807) is 0 Å². The predicted molar refractivity (Wildman–Crippen MR) is 87.0 cm³/mol. The Morgan fingerprint density at radius 2 is 1.91 bits per heavy atom. The van der Waals surface area contributed by atoms with Crippen molar-refractivity contribution < 1.29 is 9.53 Å². The summed E-state index contributed by atoms with van der Waals surface area (Å²) in [6.07, 6.45) is 6.87. The number of aryl methyl sites for hydroxylation is 1. The van der Waals surface area contributed by atoms with E-state index in [1.165, 1.54) is 31.2 Å². The van der Waals surface area contributed by atoms with Crippen LogP contribution in [-0.4, -0.2) is 25.2 Å². The summed E-state index contributed by atoms with van der Waals surface area (Å²) >= 11 is 0. The maximum absolute atomic E-state index is 11.5. The zero-order valence-electron chi connectivity index (χ0n) is 13.1. The van der Waals surface area contributed by atoms with E-state index in [2.05, 4.69) is 28.8 Å². The second-order valence-electron chi connectivity index (χ2n) is 7.08. The van der Waals surface area contributed by atoms with E-state index in [0.29, 0.717) is 18.6 Å². The minimum atomic E-state index is 0.130. The van der Waals surface area contributed by atoms with Crippen LogP contribution in [0.2, 0.25) is 0 Å². The monoisotopic (exact) mass is 300 g/mol. The number of ether oxygens (including phenoxy) is 1. The van der Waals surface area contributed by atoms with E-state index in [9.17, 15) is 4.79 Å². The molecule has 1 heterocycles. The van der Waals surface area contributed by atoms with Gasteiger partial charge in [-0.3, -0.25) is 4.79 Å². The summed E-state index contributed by atoms with van der Waals surface area (Å²) in [5.41, 5.74) is 3.37. The van der Waals surface area contributed by atoms with Gasteiger partial charge < -0.3 is 15.4 Å². The van der Waals surface area contributed by atoms with Gasteiger partial charge in [0.25, 0.3) is 0 Å². The van der Waals surface area contributed by atoms with Crippen molar-refractivity contribution >= 4 is 17.3 Å². The molecule has 4 atom stereocenters. The summed E-state index contributed by atoms with van der Waals surface area (Å²) in [4.78, 5) is 11.5. The third-order valence-electron chi connectivity index (χ3n) is 5.68. The Balaban J connectivity index is 1.41. The van der Waals surface area contributed by atoms with E-state index >= 15 is 0 Å². The number of hydrogen-bond acceptors (Lipinski definition) is 3. The first-order valence-corrected chi connectivity index (χ1v) is 8.43.